The first-order valence-electron chi connectivity index (χ1n) is 16.9. The summed E-state index contributed by atoms with van der Waals surface area (Å²) in [5, 5.41) is 0.595. The van der Waals surface area contributed by atoms with Crippen LogP contribution in [0.15, 0.2) is 64.6 Å². The first-order valence-corrected chi connectivity index (χ1v) is 19.2. The van der Waals surface area contributed by atoms with Gasteiger partial charge < -0.3 is 19.8 Å². The number of carbonyl (C=O) groups excluding carboxylic acids is 3. The summed E-state index contributed by atoms with van der Waals surface area (Å²) in [5.41, 5.74) is 8.83. The maximum atomic E-state index is 14.2. The Bertz CT molecular complexity index is 1720. The van der Waals surface area contributed by atoms with E-state index in [0.717, 1.165) is 37.5 Å². The summed E-state index contributed by atoms with van der Waals surface area (Å²) in [6.07, 6.45) is 8.36. The average Bonchev–Trinajstić information content (AvgIpc) is 3.85. The second kappa shape index (κ2) is 17.0. The average molecular weight is 713 g/mol. The van der Waals surface area contributed by atoms with Crippen molar-refractivity contribution in [1.29, 1.82) is 0 Å². The molecule has 2 fully saturated rings. The summed E-state index contributed by atoms with van der Waals surface area (Å²) in [7, 11) is -3.76. The fourth-order valence-corrected chi connectivity index (χ4v) is 7.47. The van der Waals surface area contributed by atoms with Crippen LogP contribution in [-0.2, 0) is 31.0 Å². The lowest BCUT2D eigenvalue weighted by Gasteiger charge is -2.28. The molecule has 1 amide bonds. The van der Waals surface area contributed by atoms with E-state index in [1.54, 1.807) is 36.4 Å². The number of allylic oxidation sites excluding steroid dienone is 1. The number of nitrogens with two attached hydrogens (primary N) is 1. The van der Waals surface area contributed by atoms with E-state index >= 15 is 0 Å². The molecule has 0 spiro atoms. The van der Waals surface area contributed by atoms with Crippen molar-refractivity contribution in [2.45, 2.75) is 89.0 Å². The number of halogens is 1. The summed E-state index contributed by atoms with van der Waals surface area (Å²) in [4.78, 5) is 48.0. The van der Waals surface area contributed by atoms with E-state index in [-0.39, 0.29) is 49.9 Å². The number of nitrogens with one attached hydrogen (secondary N) is 1. The molecular formula is C36H45ClN4O7S. The van der Waals surface area contributed by atoms with Gasteiger partial charge in [0.1, 0.15) is 11.6 Å². The Morgan fingerprint density at radius 2 is 1.86 bits per heavy atom. The van der Waals surface area contributed by atoms with E-state index < -0.39 is 40.0 Å². The molecule has 11 nitrogen and oxygen atoms in total. The van der Waals surface area contributed by atoms with E-state index in [0.29, 0.717) is 41.9 Å². The Morgan fingerprint density at radius 3 is 2.55 bits per heavy atom. The van der Waals surface area contributed by atoms with Crippen LogP contribution in [0.3, 0.4) is 0 Å². The Balaban J connectivity index is 1.38. The Labute approximate surface area is 292 Å². The smallest absolute Gasteiger partial charge is 0.264 e. The summed E-state index contributed by atoms with van der Waals surface area (Å²) < 4.78 is 39.3. The van der Waals surface area contributed by atoms with Gasteiger partial charge in [-0.05, 0) is 81.3 Å². The highest BCUT2D eigenvalue weighted by molar-refractivity contribution is 7.88. The van der Waals surface area contributed by atoms with Crippen LogP contribution in [0.1, 0.15) is 80.5 Å². The molecule has 0 unspecified atom stereocenters. The number of sulfonamides is 1. The summed E-state index contributed by atoms with van der Waals surface area (Å²) in [6, 6.07) is 12.3. The molecule has 49 heavy (non-hydrogen) atoms. The minimum absolute atomic E-state index is 0.0624. The molecule has 4 atom stereocenters. The van der Waals surface area contributed by atoms with E-state index in [9.17, 15) is 22.8 Å². The van der Waals surface area contributed by atoms with Gasteiger partial charge in [-0.3, -0.25) is 14.4 Å². The topological polar surface area (TPSA) is 162 Å². The number of rotatable bonds is 17. The van der Waals surface area contributed by atoms with Gasteiger partial charge in [0.15, 0.2) is 11.4 Å². The molecule has 2 heterocycles. The van der Waals surface area contributed by atoms with E-state index in [2.05, 4.69) is 9.71 Å². The summed E-state index contributed by atoms with van der Waals surface area (Å²) in [6.45, 7) is 0.776. The monoisotopic (exact) mass is 712 g/mol. The number of para-hydroxylation sites is 2. The largest absolute Gasteiger partial charge is 0.434 e. The number of ether oxygens (including phenoxy) is 1. The number of oxazole rings is 1. The zero-order valence-electron chi connectivity index (χ0n) is 27.8. The number of aromatic nitrogens is 1. The second-order valence-electron chi connectivity index (χ2n) is 13.1. The number of Topliss-reactive ketones (excluding diaryl/α,β-unsaturated/α-hetero) is 2. The minimum atomic E-state index is -3.76. The summed E-state index contributed by atoms with van der Waals surface area (Å²) >= 11 is 6.04. The molecule has 3 N–H and O–H groups in total. The fourth-order valence-electron chi connectivity index (χ4n) is 6.63. The van der Waals surface area contributed by atoms with Crippen LogP contribution in [0, 0.1) is 5.92 Å². The van der Waals surface area contributed by atoms with Gasteiger partial charge in [0, 0.05) is 30.3 Å². The van der Waals surface area contributed by atoms with Gasteiger partial charge in [0.25, 0.3) is 5.89 Å². The quantitative estimate of drug-likeness (QED) is 0.107. The van der Waals surface area contributed by atoms with Crippen molar-refractivity contribution in [2.75, 3.05) is 19.3 Å². The number of ketones is 2. The van der Waals surface area contributed by atoms with Crippen molar-refractivity contribution in [2.24, 2.45) is 11.7 Å². The maximum absolute atomic E-state index is 14.2. The van der Waals surface area contributed by atoms with E-state index in [1.807, 2.05) is 18.2 Å². The molecule has 3 aromatic rings. The van der Waals surface area contributed by atoms with Crippen LogP contribution in [0.25, 0.3) is 11.1 Å². The van der Waals surface area contributed by atoms with Gasteiger partial charge in [0.2, 0.25) is 21.7 Å². The third-order valence-electron chi connectivity index (χ3n) is 9.19. The lowest BCUT2D eigenvalue weighted by molar-refractivity contribution is -0.139. The van der Waals surface area contributed by atoms with Gasteiger partial charge >= 0.3 is 0 Å². The van der Waals surface area contributed by atoms with Crippen molar-refractivity contribution in [3.8, 4) is 0 Å². The molecule has 1 saturated carbocycles. The van der Waals surface area contributed by atoms with Gasteiger partial charge in [-0.15, -0.1) is 0 Å². The maximum Gasteiger partial charge on any atom is 0.264 e. The molecule has 5 rings (SSSR count). The molecule has 0 radical (unpaired) electrons. The Hall–Kier alpha value is -3.42. The van der Waals surface area contributed by atoms with E-state index in [4.69, 9.17) is 26.5 Å². The third-order valence-corrected chi connectivity index (χ3v) is 10.2. The highest BCUT2D eigenvalue weighted by Crippen LogP contribution is 2.30. The molecular weight excluding hydrogens is 668 g/mol. The molecule has 0 bridgehead atoms. The van der Waals surface area contributed by atoms with Crippen LogP contribution < -0.4 is 10.5 Å². The molecule has 1 aromatic heterocycles. The fraction of sp³-hybridized carbons (Fsp3) is 0.500. The van der Waals surface area contributed by atoms with Gasteiger partial charge in [-0.2, -0.15) is 0 Å². The highest BCUT2D eigenvalue weighted by Gasteiger charge is 2.43. The first kappa shape index (κ1) is 36.9. The summed E-state index contributed by atoms with van der Waals surface area (Å²) in [5.74, 6) is -1.99. The lowest BCUT2D eigenvalue weighted by Crippen LogP contribution is -2.51. The molecule has 1 aliphatic carbocycles. The van der Waals surface area contributed by atoms with Gasteiger partial charge in [0.05, 0.1) is 25.0 Å². The lowest BCUT2D eigenvalue weighted by atomic mass is 9.89. The molecule has 1 aliphatic heterocycles. The molecule has 1 saturated heterocycles. The van der Waals surface area contributed by atoms with Crippen LogP contribution in [0.5, 0.6) is 0 Å². The number of nitrogens with zero attached hydrogens (tertiary/aromatic N) is 2. The predicted octanol–water partition coefficient (Wildman–Crippen LogP) is 5.36. The second-order valence-corrected chi connectivity index (χ2v) is 15.3. The van der Waals surface area contributed by atoms with Crippen molar-refractivity contribution in [3.05, 3.63) is 76.7 Å². The third kappa shape index (κ3) is 10.3. The highest BCUT2D eigenvalue weighted by atomic mass is 35.5. The normalized spacial score (nSPS) is 19.3. The molecule has 264 valence electrons. The number of unbranched alkanes of at least 4 members (excludes halogenated alkanes) is 1. The first-order chi connectivity index (χ1) is 23.5. The SMILES string of the molecule is CS(=O)(=O)N[C@H](CC=C1CCCC1)C(=O)N1C[C@H](OCc2ccc(Cl)cc2)C[C@H]1C(=O)C[C@@H](CCCCN)C(=O)c1nc2ccccc2o1. The number of fused-ring (bicyclic) bond motifs is 1. The zero-order chi connectivity index (χ0) is 35.0. The Morgan fingerprint density at radius 1 is 1.12 bits per heavy atom. The Kier molecular flexibility index (Phi) is 12.8. The minimum Gasteiger partial charge on any atom is -0.434 e. The van der Waals surface area contributed by atoms with Crippen LogP contribution >= 0.6 is 11.6 Å². The number of likely N-dealkylation sites (tertiary alicyclic amines) is 1. The van der Waals surface area contributed by atoms with Crippen LogP contribution in [-0.4, -0.2) is 73.3 Å². The van der Waals surface area contributed by atoms with Gasteiger partial charge in [-0.1, -0.05) is 53.9 Å². The standard InChI is InChI=1S/C36H45ClN4O7S/c1-49(45,46)40-30(18-15-24-8-2-3-9-24)36(44)41-22-28(47-23-25-13-16-27(37)17-14-25)21-31(41)32(42)20-26(10-6-7-19-38)34(43)35-39-29-11-4-5-12-33(29)48-35/h4-5,11-17,26,28,30-31,40H,2-3,6-10,18-23,38H2,1H3/t26-,28-,30-,31+/m1/s1. The predicted molar refractivity (Wildman–Crippen MR) is 187 cm³/mol. The van der Waals surface area contributed by atoms with Crippen molar-refractivity contribution in [3.63, 3.8) is 0 Å². The molecule has 2 aromatic carbocycles. The van der Waals surface area contributed by atoms with Gasteiger partial charge in [-0.25, -0.2) is 18.1 Å². The number of benzene rings is 2. The molecule has 2 aliphatic rings. The van der Waals surface area contributed by atoms with Crippen LogP contribution in [0.2, 0.25) is 5.02 Å². The van der Waals surface area contributed by atoms with Crippen molar-refractivity contribution in [1.82, 2.24) is 14.6 Å². The number of amides is 1. The zero-order valence-corrected chi connectivity index (χ0v) is 29.4. The number of hydrogen-bond acceptors (Lipinski definition) is 9. The van der Waals surface area contributed by atoms with Crippen LogP contribution in [0.4, 0.5) is 0 Å². The van der Waals surface area contributed by atoms with E-state index in [1.165, 1.54) is 10.5 Å². The van der Waals surface area contributed by atoms with Crippen molar-refractivity contribution >= 4 is 50.2 Å². The molecule has 13 heteroatoms. The number of carbonyl (C=O) groups is 3. The van der Waals surface area contributed by atoms with Crippen molar-refractivity contribution < 1.29 is 32.0 Å². The number of hydrogen-bond donors (Lipinski definition) is 2.